The molecule has 0 fully saturated rings. The predicted molar refractivity (Wildman–Crippen MR) is 80.8 cm³/mol. The Morgan fingerprint density at radius 1 is 1.15 bits per heavy atom. The number of hydrogen-bond acceptors (Lipinski definition) is 2. The first-order chi connectivity index (χ1) is 9.47. The van der Waals surface area contributed by atoms with Gasteiger partial charge in [-0.2, -0.15) is 0 Å². The van der Waals surface area contributed by atoms with Crippen LogP contribution in [0.25, 0.3) is 0 Å². The van der Waals surface area contributed by atoms with Gasteiger partial charge in [0.05, 0.1) is 6.10 Å². The van der Waals surface area contributed by atoms with Crippen molar-refractivity contribution in [1.82, 2.24) is 0 Å². The molecular formula is C16H17ClFNO. The molecule has 0 aliphatic carbocycles. The van der Waals surface area contributed by atoms with Crippen molar-refractivity contribution in [1.29, 1.82) is 0 Å². The van der Waals surface area contributed by atoms with E-state index in [1.54, 1.807) is 0 Å². The fraction of sp³-hybridized carbons (Fsp3) is 0.250. The van der Waals surface area contributed by atoms with Gasteiger partial charge in [0.15, 0.2) is 0 Å². The topological polar surface area (TPSA) is 23.5 Å². The minimum atomic E-state index is -0.703. The zero-order valence-corrected chi connectivity index (χ0v) is 12.2. The summed E-state index contributed by atoms with van der Waals surface area (Å²) < 4.78 is 13.2. The molecule has 0 saturated heterocycles. The molecule has 0 aliphatic rings. The summed E-state index contributed by atoms with van der Waals surface area (Å²) >= 11 is 6.01. The fourth-order valence-electron chi connectivity index (χ4n) is 2.02. The highest BCUT2D eigenvalue weighted by Crippen LogP contribution is 2.25. The van der Waals surface area contributed by atoms with E-state index in [1.165, 1.54) is 18.2 Å². The summed E-state index contributed by atoms with van der Waals surface area (Å²) in [5, 5.41) is 10.7. The second kappa shape index (κ2) is 6.25. The molecule has 1 unspecified atom stereocenters. The molecule has 2 aromatic rings. The maximum absolute atomic E-state index is 13.2. The SMILES string of the molecule is CN(C)c1ccc(C(O)Cc2cc(F)ccc2Cl)cc1. The molecule has 1 N–H and O–H groups in total. The van der Waals surface area contributed by atoms with Crippen LogP contribution in [0, 0.1) is 5.82 Å². The molecule has 106 valence electrons. The van der Waals surface area contributed by atoms with Gasteiger partial charge in [0.2, 0.25) is 0 Å². The Hall–Kier alpha value is -1.58. The molecule has 20 heavy (non-hydrogen) atoms. The van der Waals surface area contributed by atoms with Crippen molar-refractivity contribution in [2.24, 2.45) is 0 Å². The molecule has 0 amide bonds. The molecule has 2 aromatic carbocycles. The molecule has 0 heterocycles. The highest BCUT2D eigenvalue weighted by atomic mass is 35.5. The van der Waals surface area contributed by atoms with Gasteiger partial charge in [-0.25, -0.2) is 4.39 Å². The molecule has 2 nitrogen and oxygen atoms in total. The molecule has 0 bridgehead atoms. The number of rotatable bonds is 4. The van der Waals surface area contributed by atoms with Gasteiger partial charge in [-0.05, 0) is 41.5 Å². The van der Waals surface area contributed by atoms with Crippen LogP contribution in [-0.2, 0) is 6.42 Å². The van der Waals surface area contributed by atoms with Crippen LogP contribution >= 0.6 is 11.6 Å². The smallest absolute Gasteiger partial charge is 0.123 e. The van der Waals surface area contributed by atoms with Gasteiger partial charge in [-0.15, -0.1) is 0 Å². The van der Waals surface area contributed by atoms with Gasteiger partial charge in [0, 0.05) is 31.2 Å². The Morgan fingerprint density at radius 2 is 1.80 bits per heavy atom. The monoisotopic (exact) mass is 293 g/mol. The van der Waals surface area contributed by atoms with Gasteiger partial charge in [0.25, 0.3) is 0 Å². The number of halogens is 2. The Kier molecular flexibility index (Phi) is 4.63. The lowest BCUT2D eigenvalue weighted by Gasteiger charge is -2.16. The van der Waals surface area contributed by atoms with E-state index in [9.17, 15) is 9.50 Å². The summed E-state index contributed by atoms with van der Waals surface area (Å²) in [6.45, 7) is 0. The fourth-order valence-corrected chi connectivity index (χ4v) is 2.22. The summed E-state index contributed by atoms with van der Waals surface area (Å²) in [5.74, 6) is -0.348. The van der Waals surface area contributed by atoms with E-state index in [2.05, 4.69) is 0 Å². The molecule has 0 saturated carbocycles. The van der Waals surface area contributed by atoms with Crippen molar-refractivity contribution in [2.75, 3.05) is 19.0 Å². The average Bonchev–Trinajstić information content (AvgIpc) is 2.43. The van der Waals surface area contributed by atoms with Crippen molar-refractivity contribution in [2.45, 2.75) is 12.5 Å². The standard InChI is InChI=1S/C16H17ClFNO/c1-19(2)14-6-3-11(4-7-14)16(20)10-12-9-13(18)5-8-15(12)17/h3-9,16,20H,10H2,1-2H3. The number of hydrogen-bond donors (Lipinski definition) is 1. The molecule has 0 spiro atoms. The van der Waals surface area contributed by atoms with Crippen molar-refractivity contribution in [3.05, 3.63) is 64.4 Å². The quantitative estimate of drug-likeness (QED) is 0.926. The van der Waals surface area contributed by atoms with Crippen molar-refractivity contribution in [3.63, 3.8) is 0 Å². The Labute approximate surface area is 123 Å². The molecular weight excluding hydrogens is 277 g/mol. The summed E-state index contributed by atoms with van der Waals surface area (Å²) in [4.78, 5) is 1.99. The van der Waals surface area contributed by atoms with Crippen LogP contribution in [0.3, 0.4) is 0 Å². The van der Waals surface area contributed by atoms with E-state index in [0.717, 1.165) is 11.3 Å². The maximum Gasteiger partial charge on any atom is 0.123 e. The largest absolute Gasteiger partial charge is 0.388 e. The van der Waals surface area contributed by atoms with Crippen LogP contribution in [0.5, 0.6) is 0 Å². The van der Waals surface area contributed by atoms with Crippen LogP contribution in [0.2, 0.25) is 5.02 Å². The van der Waals surface area contributed by atoms with Gasteiger partial charge in [-0.3, -0.25) is 0 Å². The zero-order chi connectivity index (χ0) is 14.7. The van der Waals surface area contributed by atoms with E-state index in [0.29, 0.717) is 10.6 Å². The number of benzene rings is 2. The van der Waals surface area contributed by atoms with Gasteiger partial charge in [-0.1, -0.05) is 23.7 Å². The molecule has 2 rings (SSSR count). The first-order valence-electron chi connectivity index (χ1n) is 6.36. The maximum atomic E-state index is 13.2. The van der Waals surface area contributed by atoms with Crippen molar-refractivity contribution in [3.8, 4) is 0 Å². The third-order valence-corrected chi connectivity index (χ3v) is 3.58. The van der Waals surface area contributed by atoms with Crippen molar-refractivity contribution >= 4 is 17.3 Å². The Bertz CT molecular complexity index is 584. The van der Waals surface area contributed by atoms with Crippen LogP contribution in [0.4, 0.5) is 10.1 Å². The van der Waals surface area contributed by atoms with E-state index < -0.39 is 6.10 Å². The number of nitrogens with zero attached hydrogens (tertiary/aromatic N) is 1. The summed E-state index contributed by atoms with van der Waals surface area (Å²) in [6, 6.07) is 11.8. The van der Waals surface area contributed by atoms with Crippen LogP contribution in [0.15, 0.2) is 42.5 Å². The Morgan fingerprint density at radius 3 is 2.40 bits per heavy atom. The lowest BCUT2D eigenvalue weighted by molar-refractivity contribution is 0.178. The first-order valence-corrected chi connectivity index (χ1v) is 6.74. The third-order valence-electron chi connectivity index (χ3n) is 3.22. The highest BCUT2D eigenvalue weighted by Gasteiger charge is 2.12. The van der Waals surface area contributed by atoms with Gasteiger partial charge < -0.3 is 10.0 Å². The molecule has 0 aliphatic heterocycles. The molecule has 0 radical (unpaired) electrons. The predicted octanol–water partition coefficient (Wildman–Crippen LogP) is 3.82. The average molecular weight is 294 g/mol. The van der Waals surface area contributed by atoms with E-state index in [1.807, 2.05) is 43.3 Å². The van der Waals surface area contributed by atoms with Crippen LogP contribution < -0.4 is 4.90 Å². The van der Waals surface area contributed by atoms with Gasteiger partial charge in [0.1, 0.15) is 5.82 Å². The molecule has 1 atom stereocenters. The minimum Gasteiger partial charge on any atom is -0.388 e. The number of anilines is 1. The van der Waals surface area contributed by atoms with Gasteiger partial charge >= 0.3 is 0 Å². The highest BCUT2D eigenvalue weighted by molar-refractivity contribution is 6.31. The van der Waals surface area contributed by atoms with Crippen LogP contribution in [-0.4, -0.2) is 19.2 Å². The summed E-state index contributed by atoms with van der Waals surface area (Å²) in [7, 11) is 3.91. The Balaban J connectivity index is 2.15. The normalized spacial score (nSPS) is 12.2. The third kappa shape index (κ3) is 3.50. The van der Waals surface area contributed by atoms with Crippen molar-refractivity contribution < 1.29 is 9.50 Å². The number of aliphatic hydroxyl groups is 1. The lowest BCUT2D eigenvalue weighted by atomic mass is 10.0. The second-order valence-electron chi connectivity index (χ2n) is 4.94. The van der Waals surface area contributed by atoms with E-state index in [4.69, 9.17) is 11.6 Å². The zero-order valence-electron chi connectivity index (χ0n) is 11.5. The summed E-state index contributed by atoms with van der Waals surface area (Å²) in [5.41, 5.74) is 2.46. The first kappa shape index (κ1) is 14.8. The lowest BCUT2D eigenvalue weighted by Crippen LogP contribution is -2.09. The van der Waals surface area contributed by atoms with Crippen LogP contribution in [0.1, 0.15) is 17.2 Å². The number of aliphatic hydroxyl groups excluding tert-OH is 1. The molecule has 4 heteroatoms. The van der Waals surface area contributed by atoms with E-state index >= 15 is 0 Å². The summed E-state index contributed by atoms with van der Waals surface area (Å²) in [6.07, 6.45) is -0.414. The minimum absolute atomic E-state index is 0.290. The second-order valence-corrected chi connectivity index (χ2v) is 5.35. The molecule has 0 aromatic heterocycles. The van der Waals surface area contributed by atoms with E-state index in [-0.39, 0.29) is 12.2 Å².